The van der Waals surface area contributed by atoms with Crippen molar-refractivity contribution in [1.82, 2.24) is 0 Å². The first kappa shape index (κ1) is 52.1. The van der Waals surface area contributed by atoms with Crippen molar-refractivity contribution >= 4 is 18.2 Å². The van der Waals surface area contributed by atoms with E-state index in [1.54, 1.807) is 0 Å². The zero-order chi connectivity index (χ0) is 50.0. The number of carbonyl (C=O) groups excluding carboxylic acids is 1. The van der Waals surface area contributed by atoms with Crippen LogP contribution in [0.3, 0.4) is 0 Å². The van der Waals surface area contributed by atoms with Crippen LogP contribution in [0.25, 0.3) is 0 Å². The number of carboxylic acids is 2. The van der Waals surface area contributed by atoms with Crippen LogP contribution in [0.1, 0.15) is 99.8 Å². The molecule has 0 aromatic rings. The first-order valence-corrected chi connectivity index (χ1v) is 24.3. The van der Waals surface area contributed by atoms with E-state index in [0.29, 0.717) is 38.5 Å². The molecule has 3 saturated heterocycles. The first-order chi connectivity index (χ1) is 31.7. The number of fused-ring (bicyclic) bond motifs is 7. The number of aliphatic hydroxyl groups is 9. The van der Waals surface area contributed by atoms with Crippen molar-refractivity contribution in [2.24, 2.45) is 56.7 Å². The molecule has 0 bridgehead atoms. The topological polar surface area (TPSA) is 329 Å². The first-order valence-electron chi connectivity index (χ1n) is 24.3. The average molecular weight is 971 g/mol. The van der Waals surface area contributed by atoms with Gasteiger partial charge < -0.3 is 89.4 Å². The van der Waals surface area contributed by atoms with E-state index in [1.165, 1.54) is 6.92 Å². The number of aliphatic carboxylic acids is 2. The van der Waals surface area contributed by atoms with Crippen LogP contribution in [0.4, 0.5) is 0 Å². The summed E-state index contributed by atoms with van der Waals surface area (Å²) in [5.41, 5.74) is -1.83. The quantitative estimate of drug-likeness (QED) is 0.0769. The van der Waals surface area contributed by atoms with E-state index in [9.17, 15) is 70.6 Å². The Kier molecular flexibility index (Phi) is 14.1. The molecule has 11 N–H and O–H groups in total. The molecular formula is C48H74O20. The van der Waals surface area contributed by atoms with Crippen LogP contribution in [0.15, 0.2) is 11.6 Å². The minimum absolute atomic E-state index is 0.0299. The molecule has 0 spiro atoms. The van der Waals surface area contributed by atoms with Crippen molar-refractivity contribution in [1.29, 1.82) is 0 Å². The van der Waals surface area contributed by atoms with E-state index >= 15 is 0 Å². The smallest absolute Gasteiger partial charge is 0.335 e. The average Bonchev–Trinajstić information content (AvgIpc) is 3.27. The molecule has 18 unspecified atom stereocenters. The monoisotopic (exact) mass is 970 g/mol. The largest absolute Gasteiger partial charge is 0.481 e. The zero-order valence-corrected chi connectivity index (χ0v) is 39.8. The molecule has 3 heterocycles. The van der Waals surface area contributed by atoms with Crippen LogP contribution >= 0.6 is 0 Å². The van der Waals surface area contributed by atoms with E-state index in [4.69, 9.17) is 28.4 Å². The summed E-state index contributed by atoms with van der Waals surface area (Å²) in [6.07, 6.45) is -22.3. The highest BCUT2D eigenvalue weighted by molar-refractivity contribution is 5.77. The van der Waals surface area contributed by atoms with Crippen molar-refractivity contribution in [3.05, 3.63) is 11.6 Å². The van der Waals surface area contributed by atoms with E-state index in [1.807, 2.05) is 0 Å². The second-order valence-corrected chi connectivity index (χ2v) is 23.1. The van der Waals surface area contributed by atoms with Gasteiger partial charge in [0, 0.05) is 5.92 Å². The molecule has 3 aliphatic heterocycles. The maximum absolute atomic E-state index is 13.6. The third kappa shape index (κ3) is 7.86. The summed E-state index contributed by atoms with van der Waals surface area (Å²) < 4.78 is 36.2. The number of aldehydes is 1. The Morgan fingerprint density at radius 2 is 1.38 bits per heavy atom. The molecule has 386 valence electrons. The number of hydrogen-bond acceptors (Lipinski definition) is 18. The van der Waals surface area contributed by atoms with Crippen LogP contribution in [0, 0.1) is 56.7 Å². The van der Waals surface area contributed by atoms with Gasteiger partial charge in [0.15, 0.2) is 25.0 Å². The zero-order valence-electron chi connectivity index (χ0n) is 39.8. The standard InChI is InChI=1S/C48H74O20/c1-19-14-25(21(17-49)22-10-11-45(5)27(47(19,22)7)9-8-23-24-15-44(3,4)12-13-48(24,43(61)62)28(51)16-46(23,45)6)64-42-38(68-41-34(57)32(55)30(53)26(18-50)65-41)36(35(58)37(67-42)39(59)60)66-40-33(56)31(54)29(52)20(2)63-40/h8,17,19-22,24-38,40-42,50-58H,9-16,18H2,1-7H3,(H,59,60)(H,61,62)/t19?,20?,21?,22?,24?,25-,26?,27?,28?,29-,30-,31?,32?,33?,34?,35-,36?,37?,38?,40-,41-,42+,45?,46?,47?,48+/m0/s1. The SMILES string of the molecule is CC1O[C@@H](OC2C(O[C@@H]3OC(CO)[C@H](O)C(O)C3O)[C@H](O[C@H]3CC(C)C4(C)C(CCC5(C)C4CC=C4C6CC(C)(C)CC[C@]6(C(=O)O)C(O)CC45C)C3C=O)OC(C(=O)O)[C@H]2O)C(O)C(O)[C@H]1O. The highest BCUT2D eigenvalue weighted by Crippen LogP contribution is 2.75. The van der Waals surface area contributed by atoms with Crippen LogP contribution in [0.5, 0.6) is 0 Å². The van der Waals surface area contributed by atoms with Crippen LogP contribution < -0.4 is 0 Å². The van der Waals surface area contributed by atoms with Gasteiger partial charge in [-0.25, -0.2) is 4.79 Å². The normalized spacial score (nSPS) is 54.5. The van der Waals surface area contributed by atoms with Gasteiger partial charge in [-0.1, -0.05) is 53.2 Å². The lowest BCUT2D eigenvalue weighted by atomic mass is 9.33. The molecule has 5 aliphatic carbocycles. The molecule has 0 aromatic carbocycles. The summed E-state index contributed by atoms with van der Waals surface area (Å²) >= 11 is 0. The fourth-order valence-electron chi connectivity index (χ4n) is 14.9. The number of allylic oxidation sites excluding steroid dienone is 2. The number of ether oxygens (including phenoxy) is 6. The van der Waals surface area contributed by atoms with Gasteiger partial charge in [-0.05, 0) is 104 Å². The molecule has 4 saturated carbocycles. The Labute approximate surface area is 395 Å². The molecule has 20 nitrogen and oxygen atoms in total. The van der Waals surface area contributed by atoms with Crippen molar-refractivity contribution in [3.63, 3.8) is 0 Å². The predicted octanol–water partition coefficient (Wildman–Crippen LogP) is -0.168. The summed E-state index contributed by atoms with van der Waals surface area (Å²) in [6.45, 7) is 13.5. The molecule has 0 aromatic heterocycles. The number of aliphatic hydroxyl groups excluding tert-OH is 9. The highest BCUT2D eigenvalue weighted by Gasteiger charge is 2.72. The predicted molar refractivity (Wildman–Crippen MR) is 231 cm³/mol. The van der Waals surface area contributed by atoms with Crippen molar-refractivity contribution in [2.45, 2.75) is 204 Å². The third-order valence-electron chi connectivity index (χ3n) is 19.3. The van der Waals surface area contributed by atoms with Gasteiger partial charge in [0.25, 0.3) is 0 Å². The second kappa shape index (κ2) is 18.4. The molecule has 68 heavy (non-hydrogen) atoms. The Hall–Kier alpha value is -2.25. The summed E-state index contributed by atoms with van der Waals surface area (Å²) in [4.78, 5) is 39.6. The van der Waals surface area contributed by atoms with Crippen molar-refractivity contribution < 1.29 is 99.0 Å². The van der Waals surface area contributed by atoms with Gasteiger partial charge in [-0.3, -0.25) is 4.79 Å². The Bertz CT molecular complexity index is 1930. The summed E-state index contributed by atoms with van der Waals surface area (Å²) in [5, 5.41) is 119. The summed E-state index contributed by atoms with van der Waals surface area (Å²) in [5.74, 6) is -4.35. The Morgan fingerprint density at radius 3 is 2.00 bits per heavy atom. The molecule has 7 fully saturated rings. The maximum Gasteiger partial charge on any atom is 0.335 e. The lowest BCUT2D eigenvalue weighted by molar-refractivity contribution is -0.393. The van der Waals surface area contributed by atoms with Gasteiger partial charge in [-0.2, -0.15) is 0 Å². The van der Waals surface area contributed by atoms with Gasteiger partial charge in [0.1, 0.15) is 72.7 Å². The highest BCUT2D eigenvalue weighted by atomic mass is 16.8. The van der Waals surface area contributed by atoms with E-state index in [-0.39, 0.29) is 41.9 Å². The Morgan fingerprint density at radius 1 is 0.750 bits per heavy atom. The number of rotatable bonds is 10. The lowest BCUT2D eigenvalue weighted by Crippen LogP contribution is -2.69. The Balaban J connectivity index is 1.13. The summed E-state index contributed by atoms with van der Waals surface area (Å²) in [7, 11) is 0. The van der Waals surface area contributed by atoms with Crippen molar-refractivity contribution in [2.75, 3.05) is 6.61 Å². The van der Waals surface area contributed by atoms with E-state index < -0.39 is 150 Å². The third-order valence-corrected chi connectivity index (χ3v) is 19.3. The lowest BCUT2D eigenvalue weighted by Gasteiger charge is -2.71. The van der Waals surface area contributed by atoms with E-state index in [2.05, 4.69) is 47.6 Å². The van der Waals surface area contributed by atoms with Crippen LogP contribution in [-0.4, -0.2) is 185 Å². The molecule has 20 heteroatoms. The van der Waals surface area contributed by atoms with Gasteiger partial charge in [0.2, 0.25) is 0 Å². The minimum atomic E-state index is -2.15. The number of carboxylic acid groups (broad SMARTS) is 2. The van der Waals surface area contributed by atoms with Gasteiger partial charge in [-0.15, -0.1) is 0 Å². The molecule has 8 aliphatic rings. The fourth-order valence-corrected chi connectivity index (χ4v) is 14.9. The molecule has 0 radical (unpaired) electrons. The maximum atomic E-state index is 13.6. The molecule has 26 atom stereocenters. The number of carbonyl (C=O) groups is 3. The van der Waals surface area contributed by atoms with Gasteiger partial charge >= 0.3 is 11.9 Å². The van der Waals surface area contributed by atoms with Crippen LogP contribution in [0.2, 0.25) is 0 Å². The van der Waals surface area contributed by atoms with Crippen molar-refractivity contribution in [3.8, 4) is 0 Å². The fraction of sp³-hybridized carbons (Fsp3) is 0.896. The molecule has 0 amide bonds. The molecule has 8 rings (SSSR count). The molecular weight excluding hydrogens is 897 g/mol. The second-order valence-electron chi connectivity index (χ2n) is 23.1. The van der Waals surface area contributed by atoms with Gasteiger partial charge in [0.05, 0.1) is 24.9 Å². The number of hydrogen-bond donors (Lipinski definition) is 11. The van der Waals surface area contributed by atoms with E-state index in [0.717, 1.165) is 11.9 Å². The summed E-state index contributed by atoms with van der Waals surface area (Å²) in [6, 6.07) is 0. The van der Waals surface area contributed by atoms with Crippen LogP contribution in [-0.2, 0) is 42.8 Å². The minimum Gasteiger partial charge on any atom is -0.481 e.